The number of nitrogens with zero attached hydrogens (tertiary/aromatic N) is 3. The van der Waals surface area contributed by atoms with Crippen LogP contribution in [0.25, 0.3) is 5.69 Å². The van der Waals surface area contributed by atoms with Gasteiger partial charge in [0.05, 0.1) is 5.69 Å². The van der Waals surface area contributed by atoms with Crippen molar-refractivity contribution >= 4 is 37.8 Å². The van der Waals surface area contributed by atoms with E-state index in [0.717, 1.165) is 4.47 Å². The number of para-hydroxylation sites is 1. The van der Waals surface area contributed by atoms with Crippen molar-refractivity contribution in [2.45, 2.75) is 0 Å². The summed E-state index contributed by atoms with van der Waals surface area (Å²) in [6.07, 6.45) is 0. The number of aromatic nitrogens is 3. The van der Waals surface area contributed by atoms with Gasteiger partial charge in [0, 0.05) is 4.47 Å². The summed E-state index contributed by atoms with van der Waals surface area (Å²) in [5.74, 6) is -1.12. The van der Waals surface area contributed by atoms with E-state index in [1.54, 1.807) is 6.07 Å². The number of carbonyl (C=O) groups is 1. The van der Waals surface area contributed by atoms with Gasteiger partial charge in [0.15, 0.2) is 4.60 Å². The number of hydrogen-bond acceptors (Lipinski definition) is 3. The van der Waals surface area contributed by atoms with Crippen LogP contribution in [0.3, 0.4) is 0 Å². The van der Waals surface area contributed by atoms with E-state index in [-0.39, 0.29) is 10.3 Å². The molecule has 7 heteroatoms. The second-order valence-electron chi connectivity index (χ2n) is 2.89. The smallest absolute Gasteiger partial charge is 0.359 e. The van der Waals surface area contributed by atoms with Gasteiger partial charge in [-0.2, -0.15) is 0 Å². The van der Waals surface area contributed by atoms with E-state index in [2.05, 4.69) is 42.1 Å². The van der Waals surface area contributed by atoms with Crippen molar-refractivity contribution in [3.8, 4) is 5.69 Å². The van der Waals surface area contributed by atoms with Crippen molar-refractivity contribution in [3.63, 3.8) is 0 Å². The Morgan fingerprint density at radius 1 is 1.25 bits per heavy atom. The van der Waals surface area contributed by atoms with E-state index in [0.29, 0.717) is 5.69 Å². The Labute approximate surface area is 107 Å². The molecule has 0 atom stereocenters. The zero-order valence-electron chi connectivity index (χ0n) is 7.76. The van der Waals surface area contributed by atoms with E-state index in [1.807, 2.05) is 18.2 Å². The van der Waals surface area contributed by atoms with Gasteiger partial charge >= 0.3 is 5.97 Å². The minimum absolute atomic E-state index is 0.115. The quantitative estimate of drug-likeness (QED) is 0.907. The van der Waals surface area contributed by atoms with E-state index < -0.39 is 5.97 Å². The number of rotatable bonds is 2. The molecule has 0 fully saturated rings. The largest absolute Gasteiger partial charge is 0.476 e. The van der Waals surface area contributed by atoms with Crippen LogP contribution in [0.15, 0.2) is 33.3 Å². The SMILES string of the molecule is O=C(O)c1nn(-c2ccccc2Br)nc1Br. The van der Waals surface area contributed by atoms with Crippen LogP contribution >= 0.6 is 31.9 Å². The lowest BCUT2D eigenvalue weighted by Gasteiger charge is -2.00. The standard InChI is InChI=1S/C9H5Br2N3O2/c10-5-3-1-2-4-6(5)14-12-7(9(15)16)8(11)13-14/h1-4H,(H,15,16). The number of carboxylic acids is 1. The Kier molecular flexibility index (Phi) is 3.06. The molecule has 2 aromatic rings. The van der Waals surface area contributed by atoms with Crippen LogP contribution in [0, 0.1) is 0 Å². The first-order valence-corrected chi connectivity index (χ1v) is 5.79. The Balaban J connectivity index is 2.54. The van der Waals surface area contributed by atoms with Gasteiger partial charge < -0.3 is 5.11 Å². The molecule has 0 aliphatic heterocycles. The first-order chi connectivity index (χ1) is 7.59. The monoisotopic (exact) mass is 345 g/mol. The average Bonchev–Trinajstić information content (AvgIpc) is 2.61. The predicted molar refractivity (Wildman–Crippen MR) is 63.7 cm³/mol. The fourth-order valence-electron chi connectivity index (χ4n) is 1.14. The third-order valence-corrected chi connectivity index (χ3v) is 3.05. The summed E-state index contributed by atoms with van der Waals surface area (Å²) in [5.41, 5.74) is 0.562. The van der Waals surface area contributed by atoms with Crippen molar-refractivity contribution in [3.05, 3.63) is 39.0 Å². The van der Waals surface area contributed by atoms with Gasteiger partial charge in [0.1, 0.15) is 0 Å². The fourth-order valence-corrected chi connectivity index (χ4v) is 1.98. The van der Waals surface area contributed by atoms with Gasteiger partial charge in [0.2, 0.25) is 5.69 Å². The molecule has 0 aliphatic rings. The zero-order chi connectivity index (χ0) is 11.7. The summed E-state index contributed by atoms with van der Waals surface area (Å²) in [4.78, 5) is 12.1. The number of benzene rings is 1. The highest BCUT2D eigenvalue weighted by Gasteiger charge is 2.16. The van der Waals surface area contributed by atoms with E-state index in [4.69, 9.17) is 5.11 Å². The number of aromatic carboxylic acids is 1. The Morgan fingerprint density at radius 2 is 1.94 bits per heavy atom. The molecule has 0 bridgehead atoms. The molecule has 2 rings (SSSR count). The van der Waals surface area contributed by atoms with Gasteiger partial charge in [-0.25, -0.2) is 4.79 Å². The van der Waals surface area contributed by atoms with Crippen molar-refractivity contribution in [1.82, 2.24) is 15.0 Å². The van der Waals surface area contributed by atoms with Gasteiger partial charge in [-0.15, -0.1) is 15.0 Å². The van der Waals surface area contributed by atoms with Gasteiger partial charge in [-0.05, 0) is 44.0 Å². The molecule has 0 spiro atoms. The first-order valence-electron chi connectivity index (χ1n) is 4.20. The van der Waals surface area contributed by atoms with Crippen LogP contribution in [-0.4, -0.2) is 26.1 Å². The maximum absolute atomic E-state index is 10.8. The molecule has 0 amide bonds. The van der Waals surface area contributed by atoms with E-state index in [9.17, 15) is 4.79 Å². The molecular weight excluding hydrogens is 342 g/mol. The van der Waals surface area contributed by atoms with Crippen LogP contribution < -0.4 is 0 Å². The molecular formula is C9H5Br2N3O2. The topological polar surface area (TPSA) is 68.0 Å². The summed E-state index contributed by atoms with van der Waals surface area (Å²) in [5, 5.41) is 16.7. The molecule has 1 heterocycles. The summed E-state index contributed by atoms with van der Waals surface area (Å²) in [6, 6.07) is 7.28. The molecule has 5 nitrogen and oxygen atoms in total. The van der Waals surface area contributed by atoms with Crippen LogP contribution in [-0.2, 0) is 0 Å². The van der Waals surface area contributed by atoms with Crippen molar-refractivity contribution in [1.29, 1.82) is 0 Å². The van der Waals surface area contributed by atoms with Crippen LogP contribution in [0.1, 0.15) is 10.5 Å². The molecule has 1 aromatic heterocycles. The lowest BCUT2D eigenvalue weighted by Crippen LogP contribution is -2.02. The molecule has 0 aliphatic carbocycles. The molecule has 0 unspecified atom stereocenters. The second-order valence-corrected chi connectivity index (χ2v) is 4.49. The average molecular weight is 347 g/mol. The van der Waals surface area contributed by atoms with Gasteiger partial charge in [-0.1, -0.05) is 12.1 Å². The summed E-state index contributed by atoms with van der Waals surface area (Å²) in [7, 11) is 0. The van der Waals surface area contributed by atoms with Crippen LogP contribution in [0.2, 0.25) is 0 Å². The molecule has 1 N–H and O–H groups in total. The Morgan fingerprint density at radius 3 is 2.50 bits per heavy atom. The van der Waals surface area contributed by atoms with E-state index in [1.165, 1.54) is 4.80 Å². The fraction of sp³-hybridized carbons (Fsp3) is 0. The van der Waals surface area contributed by atoms with Crippen molar-refractivity contribution in [2.75, 3.05) is 0 Å². The lowest BCUT2D eigenvalue weighted by atomic mass is 10.3. The first kappa shape index (κ1) is 11.3. The normalized spacial score (nSPS) is 10.4. The van der Waals surface area contributed by atoms with E-state index >= 15 is 0 Å². The predicted octanol–water partition coefficient (Wildman–Crippen LogP) is 2.49. The number of hydrogen-bond donors (Lipinski definition) is 1. The molecule has 0 saturated heterocycles. The van der Waals surface area contributed by atoms with Crippen molar-refractivity contribution < 1.29 is 9.90 Å². The summed E-state index contributed by atoms with van der Waals surface area (Å²) >= 11 is 6.39. The van der Waals surface area contributed by atoms with Gasteiger partial charge in [-0.3, -0.25) is 0 Å². The Bertz CT molecular complexity index is 553. The highest BCUT2D eigenvalue weighted by atomic mass is 79.9. The molecule has 82 valence electrons. The molecule has 0 radical (unpaired) electrons. The minimum atomic E-state index is -1.12. The molecule has 1 aromatic carbocycles. The van der Waals surface area contributed by atoms with Gasteiger partial charge in [0.25, 0.3) is 0 Å². The molecule has 16 heavy (non-hydrogen) atoms. The minimum Gasteiger partial charge on any atom is -0.476 e. The maximum Gasteiger partial charge on any atom is 0.359 e. The van der Waals surface area contributed by atoms with Crippen LogP contribution in [0.4, 0.5) is 0 Å². The number of carboxylic acid groups (broad SMARTS) is 1. The summed E-state index contributed by atoms with van der Waals surface area (Å²) in [6.45, 7) is 0. The Hall–Kier alpha value is -1.21. The lowest BCUT2D eigenvalue weighted by molar-refractivity contribution is 0.0689. The molecule has 0 saturated carbocycles. The highest BCUT2D eigenvalue weighted by molar-refractivity contribution is 9.10. The maximum atomic E-state index is 10.8. The van der Waals surface area contributed by atoms with Crippen LogP contribution in [0.5, 0.6) is 0 Å². The summed E-state index contributed by atoms with van der Waals surface area (Å²) < 4.78 is 0.991. The third kappa shape index (κ3) is 2.00. The second kappa shape index (κ2) is 4.34. The van der Waals surface area contributed by atoms with Crippen molar-refractivity contribution in [2.24, 2.45) is 0 Å². The zero-order valence-corrected chi connectivity index (χ0v) is 10.9. The number of halogens is 2. The highest BCUT2D eigenvalue weighted by Crippen LogP contribution is 2.21. The third-order valence-electron chi connectivity index (χ3n) is 1.84.